The highest BCUT2D eigenvalue weighted by Crippen LogP contribution is 2.36. The normalized spacial score (nSPS) is 11.3. The van der Waals surface area contributed by atoms with Gasteiger partial charge in [0.05, 0.1) is 6.21 Å². The maximum atomic E-state index is 12.7. The Morgan fingerprint density at radius 3 is 2.77 bits per heavy atom. The van der Waals surface area contributed by atoms with Gasteiger partial charge in [-0.15, -0.1) is 0 Å². The van der Waals surface area contributed by atoms with Crippen LogP contribution in [0.3, 0.4) is 0 Å². The molecule has 0 saturated heterocycles. The Hall–Kier alpha value is -3.38. The number of imidazole rings is 1. The van der Waals surface area contributed by atoms with Crippen molar-refractivity contribution in [1.82, 2.24) is 20.4 Å². The minimum absolute atomic E-state index is 0.362. The van der Waals surface area contributed by atoms with E-state index in [4.69, 9.17) is 11.6 Å². The van der Waals surface area contributed by atoms with Crippen molar-refractivity contribution in [1.29, 1.82) is 0 Å². The molecule has 0 bridgehead atoms. The zero-order chi connectivity index (χ0) is 17.9. The van der Waals surface area contributed by atoms with Crippen LogP contribution in [-0.2, 0) is 0 Å². The minimum atomic E-state index is -0.362. The smallest absolute Gasteiger partial charge is 0.288 e. The van der Waals surface area contributed by atoms with Crippen LogP contribution in [0, 0.1) is 0 Å². The number of benzene rings is 2. The zero-order valence-corrected chi connectivity index (χ0v) is 14.3. The van der Waals surface area contributed by atoms with Gasteiger partial charge in [-0.3, -0.25) is 4.79 Å². The second kappa shape index (κ2) is 6.85. The van der Waals surface area contributed by atoms with E-state index < -0.39 is 0 Å². The van der Waals surface area contributed by atoms with Gasteiger partial charge in [-0.2, -0.15) is 5.10 Å². The van der Waals surface area contributed by atoms with Crippen molar-refractivity contribution in [3.63, 3.8) is 0 Å². The monoisotopic (exact) mass is 363 g/mol. The molecule has 2 aromatic carbocycles. The van der Waals surface area contributed by atoms with Crippen molar-refractivity contribution in [3.8, 4) is 11.1 Å². The predicted octanol–water partition coefficient (Wildman–Crippen LogP) is 3.98. The summed E-state index contributed by atoms with van der Waals surface area (Å²) in [5.41, 5.74) is 5.30. The van der Waals surface area contributed by atoms with E-state index in [1.807, 2.05) is 42.5 Å². The van der Waals surface area contributed by atoms with Gasteiger partial charge in [0.15, 0.2) is 0 Å². The van der Waals surface area contributed by atoms with Crippen molar-refractivity contribution in [3.05, 3.63) is 77.5 Å². The number of fused-ring (bicyclic) bond motifs is 1. The second-order valence-electron chi connectivity index (χ2n) is 5.57. The summed E-state index contributed by atoms with van der Waals surface area (Å²) in [4.78, 5) is 22.8. The van der Waals surface area contributed by atoms with Crippen LogP contribution < -0.4 is 5.43 Å². The molecule has 1 amide bonds. The molecule has 0 atom stereocenters. The number of aromatic amines is 2. The largest absolute Gasteiger partial charge is 0.350 e. The van der Waals surface area contributed by atoms with Gasteiger partial charge >= 0.3 is 0 Å². The van der Waals surface area contributed by atoms with Gasteiger partial charge in [0.1, 0.15) is 11.5 Å². The van der Waals surface area contributed by atoms with Gasteiger partial charge in [0.2, 0.25) is 0 Å². The third-order valence-electron chi connectivity index (χ3n) is 3.95. The maximum Gasteiger partial charge on any atom is 0.288 e. The lowest BCUT2D eigenvalue weighted by atomic mass is 10.0. The van der Waals surface area contributed by atoms with E-state index in [-0.39, 0.29) is 5.91 Å². The summed E-state index contributed by atoms with van der Waals surface area (Å²) >= 11 is 6.38. The first-order valence-electron chi connectivity index (χ1n) is 7.92. The highest BCUT2D eigenvalue weighted by molar-refractivity contribution is 6.34. The van der Waals surface area contributed by atoms with Gasteiger partial charge in [-0.1, -0.05) is 48.0 Å². The maximum absolute atomic E-state index is 12.7. The van der Waals surface area contributed by atoms with Gasteiger partial charge in [0, 0.05) is 39.4 Å². The number of para-hydroxylation sites is 1. The molecule has 3 N–H and O–H groups in total. The fourth-order valence-corrected chi connectivity index (χ4v) is 3.04. The second-order valence-corrected chi connectivity index (χ2v) is 5.98. The topological polar surface area (TPSA) is 85.9 Å². The first kappa shape index (κ1) is 16.1. The van der Waals surface area contributed by atoms with Crippen LogP contribution in [0.25, 0.3) is 22.0 Å². The molecule has 0 aliphatic carbocycles. The van der Waals surface area contributed by atoms with E-state index in [0.717, 1.165) is 22.0 Å². The first-order valence-corrected chi connectivity index (χ1v) is 8.30. The Balaban J connectivity index is 1.76. The SMILES string of the molecule is O=C(NN=Cc1ncc[nH]1)c1[nH]c2ccccc2c1-c1ccccc1Cl. The number of hydrogen-bond donors (Lipinski definition) is 3. The highest BCUT2D eigenvalue weighted by Gasteiger charge is 2.20. The molecule has 0 fully saturated rings. The van der Waals surface area contributed by atoms with E-state index in [0.29, 0.717) is 16.5 Å². The number of halogens is 1. The summed E-state index contributed by atoms with van der Waals surface area (Å²) < 4.78 is 0. The molecule has 0 unspecified atom stereocenters. The van der Waals surface area contributed by atoms with Gasteiger partial charge in [-0.25, -0.2) is 10.4 Å². The molecule has 4 rings (SSSR count). The summed E-state index contributed by atoms with van der Waals surface area (Å²) in [6, 6.07) is 15.1. The quantitative estimate of drug-likeness (QED) is 0.378. The standard InChI is InChI=1S/C19H14ClN5O/c20-14-7-3-1-5-12(14)17-13-6-2-4-8-15(13)24-18(17)19(26)25-23-11-16-21-9-10-22-16/h1-11,24H,(H,21,22)(H,25,26). The predicted molar refractivity (Wildman–Crippen MR) is 102 cm³/mol. The van der Waals surface area contributed by atoms with Gasteiger partial charge < -0.3 is 9.97 Å². The lowest BCUT2D eigenvalue weighted by molar-refractivity contribution is 0.0951. The molecule has 2 aromatic heterocycles. The molecule has 0 saturated carbocycles. The average molecular weight is 364 g/mol. The number of carbonyl (C=O) groups excluding carboxylic acids is 1. The third-order valence-corrected chi connectivity index (χ3v) is 4.28. The van der Waals surface area contributed by atoms with Crippen LogP contribution in [0.4, 0.5) is 0 Å². The fourth-order valence-electron chi connectivity index (χ4n) is 2.81. The lowest BCUT2D eigenvalue weighted by Gasteiger charge is -2.06. The number of amides is 1. The summed E-state index contributed by atoms with van der Waals surface area (Å²) in [6.07, 6.45) is 4.72. The summed E-state index contributed by atoms with van der Waals surface area (Å²) in [5.74, 6) is 0.187. The highest BCUT2D eigenvalue weighted by atomic mass is 35.5. The van der Waals surface area contributed by atoms with E-state index in [1.165, 1.54) is 6.21 Å². The lowest BCUT2D eigenvalue weighted by Crippen LogP contribution is -2.19. The Morgan fingerprint density at radius 2 is 1.96 bits per heavy atom. The number of hydrogen-bond acceptors (Lipinski definition) is 3. The molecule has 0 aliphatic rings. The van der Waals surface area contributed by atoms with E-state index in [9.17, 15) is 4.79 Å². The van der Waals surface area contributed by atoms with Crippen molar-refractivity contribution in [2.75, 3.05) is 0 Å². The number of rotatable bonds is 4. The molecule has 26 heavy (non-hydrogen) atoms. The number of nitrogens with zero attached hydrogens (tertiary/aromatic N) is 2. The Kier molecular flexibility index (Phi) is 4.25. The fraction of sp³-hybridized carbons (Fsp3) is 0. The molecule has 0 radical (unpaired) electrons. The van der Waals surface area contributed by atoms with Gasteiger partial charge in [-0.05, 0) is 12.1 Å². The van der Waals surface area contributed by atoms with E-state index >= 15 is 0 Å². The Labute approximate surface area is 153 Å². The van der Waals surface area contributed by atoms with E-state index in [2.05, 4.69) is 25.5 Å². The number of aromatic nitrogens is 3. The van der Waals surface area contributed by atoms with Crippen LogP contribution >= 0.6 is 11.6 Å². The number of carbonyl (C=O) groups is 1. The van der Waals surface area contributed by atoms with Crippen LogP contribution in [0.5, 0.6) is 0 Å². The molecule has 4 aromatic rings. The summed E-state index contributed by atoms with van der Waals surface area (Å²) in [5, 5.41) is 5.44. The zero-order valence-electron chi connectivity index (χ0n) is 13.5. The minimum Gasteiger partial charge on any atom is -0.350 e. The molecular weight excluding hydrogens is 350 g/mol. The molecule has 2 heterocycles. The van der Waals surface area contributed by atoms with Crippen molar-refractivity contribution >= 4 is 34.6 Å². The Bertz CT molecular complexity index is 1100. The third kappa shape index (κ3) is 2.98. The molecule has 128 valence electrons. The van der Waals surface area contributed by atoms with E-state index in [1.54, 1.807) is 18.5 Å². The van der Waals surface area contributed by atoms with Crippen LogP contribution in [0.1, 0.15) is 16.3 Å². The van der Waals surface area contributed by atoms with Crippen LogP contribution in [0.2, 0.25) is 5.02 Å². The van der Waals surface area contributed by atoms with Crippen molar-refractivity contribution in [2.24, 2.45) is 5.10 Å². The molecule has 0 aliphatic heterocycles. The first-order chi connectivity index (χ1) is 12.7. The molecule has 7 heteroatoms. The number of hydrazone groups is 1. The molecule has 6 nitrogen and oxygen atoms in total. The van der Waals surface area contributed by atoms with Crippen LogP contribution in [0.15, 0.2) is 66.0 Å². The Morgan fingerprint density at radius 1 is 1.15 bits per heavy atom. The van der Waals surface area contributed by atoms with Crippen molar-refractivity contribution < 1.29 is 4.79 Å². The van der Waals surface area contributed by atoms with Gasteiger partial charge in [0.25, 0.3) is 5.91 Å². The molecule has 0 spiro atoms. The summed E-state index contributed by atoms with van der Waals surface area (Å²) in [6.45, 7) is 0. The average Bonchev–Trinajstić information content (AvgIpc) is 3.30. The number of nitrogens with one attached hydrogen (secondary N) is 3. The van der Waals surface area contributed by atoms with Crippen molar-refractivity contribution in [2.45, 2.75) is 0 Å². The van der Waals surface area contributed by atoms with Crippen LogP contribution in [-0.4, -0.2) is 27.1 Å². The summed E-state index contributed by atoms with van der Waals surface area (Å²) in [7, 11) is 0. The molecular formula is C19H14ClN5O. The number of H-pyrrole nitrogens is 2.